The first-order valence-corrected chi connectivity index (χ1v) is 6.77. The third kappa shape index (κ3) is 1.13. The zero-order valence-corrected chi connectivity index (χ0v) is 9.37. The first-order valence-electron chi connectivity index (χ1n) is 6.77. The molecule has 0 aromatic carbocycles. The van der Waals surface area contributed by atoms with Crippen molar-refractivity contribution in [3.63, 3.8) is 0 Å². The minimum atomic E-state index is 0.352. The normalized spacial score (nSPS) is 53.2. The zero-order chi connectivity index (χ0) is 9.88. The summed E-state index contributed by atoms with van der Waals surface area (Å²) in [6.45, 7) is 1.06. The molecule has 2 aliphatic heterocycles. The Morgan fingerprint density at radius 1 is 1.13 bits per heavy atom. The summed E-state index contributed by atoms with van der Waals surface area (Å²) in [5, 5.41) is 3.90. The summed E-state index contributed by atoms with van der Waals surface area (Å²) in [6, 6.07) is 1.65. The van der Waals surface area contributed by atoms with Crippen molar-refractivity contribution in [2.45, 2.75) is 62.6 Å². The van der Waals surface area contributed by atoms with Crippen LogP contribution < -0.4 is 5.32 Å². The quantitative estimate of drug-likeness (QED) is 0.748. The van der Waals surface area contributed by atoms with Gasteiger partial charge in [0.15, 0.2) is 0 Å². The molecule has 0 radical (unpaired) electrons. The second kappa shape index (κ2) is 2.98. The summed E-state index contributed by atoms with van der Waals surface area (Å²) in [5.74, 6) is 1.79. The predicted octanol–water partition coefficient (Wildman–Crippen LogP) is 2.09. The summed E-state index contributed by atoms with van der Waals surface area (Å²) in [6.07, 6.45) is 9.79. The van der Waals surface area contributed by atoms with Crippen LogP contribution >= 0.6 is 0 Å². The Labute approximate surface area is 91.8 Å². The van der Waals surface area contributed by atoms with Crippen molar-refractivity contribution in [1.82, 2.24) is 5.32 Å². The van der Waals surface area contributed by atoms with Gasteiger partial charge in [0, 0.05) is 18.0 Å². The molecule has 2 heterocycles. The van der Waals surface area contributed by atoms with E-state index in [2.05, 4.69) is 5.32 Å². The lowest BCUT2D eigenvalue weighted by Gasteiger charge is -2.54. The lowest BCUT2D eigenvalue weighted by molar-refractivity contribution is -0.0955. The Morgan fingerprint density at radius 2 is 2.07 bits per heavy atom. The highest BCUT2D eigenvalue weighted by Gasteiger charge is 2.64. The molecule has 2 saturated heterocycles. The van der Waals surface area contributed by atoms with Gasteiger partial charge in [0.1, 0.15) is 0 Å². The first kappa shape index (κ1) is 9.00. The number of nitrogens with one attached hydrogen (secondary N) is 1. The van der Waals surface area contributed by atoms with Crippen LogP contribution in [0.15, 0.2) is 0 Å². The molecule has 0 amide bonds. The van der Waals surface area contributed by atoms with Crippen molar-refractivity contribution in [3.05, 3.63) is 0 Å². The van der Waals surface area contributed by atoms with Gasteiger partial charge in [0.2, 0.25) is 0 Å². The molecular weight excluding hydrogens is 186 g/mol. The summed E-state index contributed by atoms with van der Waals surface area (Å²) in [5.41, 5.74) is 0.352. The molecule has 2 nitrogen and oxygen atoms in total. The fourth-order valence-electron chi connectivity index (χ4n) is 4.47. The minimum absolute atomic E-state index is 0.352. The summed E-state index contributed by atoms with van der Waals surface area (Å²) < 4.78 is 6.04. The van der Waals surface area contributed by atoms with Crippen LogP contribution in [0.3, 0.4) is 0 Å². The number of hydrogen-bond acceptors (Lipinski definition) is 2. The molecule has 4 unspecified atom stereocenters. The van der Waals surface area contributed by atoms with Crippen LogP contribution in [0.4, 0.5) is 0 Å². The Bertz CT molecular complexity index is 272. The van der Waals surface area contributed by atoms with Crippen molar-refractivity contribution in [2.24, 2.45) is 11.8 Å². The highest BCUT2D eigenvalue weighted by atomic mass is 16.5. The van der Waals surface area contributed by atoms with E-state index in [0.29, 0.717) is 5.60 Å². The summed E-state index contributed by atoms with van der Waals surface area (Å²) in [4.78, 5) is 0. The average molecular weight is 207 g/mol. The van der Waals surface area contributed by atoms with E-state index in [0.717, 1.165) is 30.5 Å². The molecule has 5 rings (SSSR count). The monoisotopic (exact) mass is 207 g/mol. The SMILES string of the molecule is C1CC(NC2CCCC34CC(CO3)C24)C1. The average Bonchev–Trinajstić information content (AvgIpc) is 2.68. The number of hydrogen-bond donors (Lipinski definition) is 1. The molecule has 0 aromatic heterocycles. The molecule has 0 aromatic rings. The van der Waals surface area contributed by atoms with Crippen LogP contribution in [0, 0.1) is 11.8 Å². The number of fused-ring (bicyclic) bond motifs is 1. The first-order chi connectivity index (χ1) is 7.37. The van der Waals surface area contributed by atoms with E-state index in [1.165, 1.54) is 44.9 Å². The Morgan fingerprint density at radius 3 is 2.80 bits per heavy atom. The van der Waals surface area contributed by atoms with Crippen molar-refractivity contribution >= 4 is 0 Å². The van der Waals surface area contributed by atoms with Gasteiger partial charge in [0.25, 0.3) is 0 Å². The van der Waals surface area contributed by atoms with E-state index in [-0.39, 0.29) is 0 Å². The van der Waals surface area contributed by atoms with Gasteiger partial charge in [-0.05, 0) is 44.4 Å². The molecule has 15 heavy (non-hydrogen) atoms. The molecule has 1 N–H and O–H groups in total. The van der Waals surface area contributed by atoms with Gasteiger partial charge in [-0.1, -0.05) is 6.42 Å². The van der Waals surface area contributed by atoms with E-state index >= 15 is 0 Å². The smallest absolute Gasteiger partial charge is 0.0732 e. The highest BCUT2D eigenvalue weighted by molar-refractivity contribution is 5.14. The molecule has 2 heteroatoms. The summed E-state index contributed by atoms with van der Waals surface area (Å²) >= 11 is 0. The lowest BCUT2D eigenvalue weighted by atomic mass is 9.56. The Hall–Kier alpha value is -0.0800. The molecule has 3 saturated carbocycles. The predicted molar refractivity (Wildman–Crippen MR) is 58.7 cm³/mol. The number of rotatable bonds is 2. The second-order valence-corrected chi connectivity index (χ2v) is 6.16. The molecule has 2 bridgehead atoms. The van der Waals surface area contributed by atoms with E-state index in [1.807, 2.05) is 0 Å². The van der Waals surface area contributed by atoms with Crippen LogP contribution in [0.2, 0.25) is 0 Å². The maximum absolute atomic E-state index is 6.04. The van der Waals surface area contributed by atoms with Crippen molar-refractivity contribution in [1.29, 1.82) is 0 Å². The van der Waals surface area contributed by atoms with Crippen molar-refractivity contribution in [3.8, 4) is 0 Å². The minimum Gasteiger partial charge on any atom is -0.374 e. The van der Waals surface area contributed by atoms with Gasteiger partial charge in [-0.25, -0.2) is 0 Å². The van der Waals surface area contributed by atoms with E-state index < -0.39 is 0 Å². The molecular formula is C13H21NO. The van der Waals surface area contributed by atoms with Crippen LogP contribution in [0.1, 0.15) is 44.9 Å². The van der Waals surface area contributed by atoms with Gasteiger partial charge < -0.3 is 10.1 Å². The van der Waals surface area contributed by atoms with Gasteiger partial charge in [0.05, 0.1) is 12.2 Å². The van der Waals surface area contributed by atoms with Gasteiger partial charge >= 0.3 is 0 Å². The van der Waals surface area contributed by atoms with Gasteiger partial charge in [-0.2, -0.15) is 0 Å². The summed E-state index contributed by atoms with van der Waals surface area (Å²) in [7, 11) is 0. The van der Waals surface area contributed by atoms with Gasteiger partial charge in [-0.3, -0.25) is 0 Å². The highest BCUT2D eigenvalue weighted by Crippen LogP contribution is 2.60. The molecule has 5 aliphatic rings. The molecule has 4 atom stereocenters. The van der Waals surface area contributed by atoms with Crippen LogP contribution in [0.5, 0.6) is 0 Å². The fourth-order valence-corrected chi connectivity index (χ4v) is 4.47. The maximum atomic E-state index is 6.04. The number of ether oxygens (including phenoxy) is 1. The maximum Gasteiger partial charge on any atom is 0.0732 e. The topological polar surface area (TPSA) is 21.3 Å². The van der Waals surface area contributed by atoms with E-state index in [1.54, 1.807) is 0 Å². The second-order valence-electron chi connectivity index (χ2n) is 6.16. The van der Waals surface area contributed by atoms with Crippen LogP contribution in [-0.4, -0.2) is 24.3 Å². The molecule has 3 aliphatic carbocycles. The Balaban J connectivity index is 1.49. The zero-order valence-electron chi connectivity index (χ0n) is 9.37. The van der Waals surface area contributed by atoms with Gasteiger partial charge in [-0.15, -0.1) is 0 Å². The third-order valence-corrected chi connectivity index (χ3v) is 5.41. The standard InChI is InChI=1S/C13H21NO/c1-3-10(4-1)14-11-5-2-6-13-7-9(8-15-13)12(11)13/h9-12,14H,1-8H2. The Kier molecular flexibility index (Phi) is 1.79. The lowest BCUT2D eigenvalue weighted by Crippen LogP contribution is -2.61. The fraction of sp³-hybridized carbons (Fsp3) is 1.00. The molecule has 84 valence electrons. The van der Waals surface area contributed by atoms with Crippen LogP contribution in [0.25, 0.3) is 0 Å². The van der Waals surface area contributed by atoms with E-state index in [4.69, 9.17) is 4.74 Å². The van der Waals surface area contributed by atoms with Crippen LogP contribution in [-0.2, 0) is 4.74 Å². The third-order valence-electron chi connectivity index (χ3n) is 5.41. The van der Waals surface area contributed by atoms with E-state index in [9.17, 15) is 0 Å². The largest absolute Gasteiger partial charge is 0.374 e. The molecule has 1 spiro atoms. The molecule has 5 fully saturated rings. The van der Waals surface area contributed by atoms with Crippen molar-refractivity contribution in [2.75, 3.05) is 6.61 Å². The van der Waals surface area contributed by atoms with Crippen molar-refractivity contribution < 1.29 is 4.74 Å².